The number of hydrogen-bond acceptors (Lipinski definition) is 3. The molecule has 1 N–H and O–H groups in total. The second-order valence-electron chi connectivity index (χ2n) is 4.65. The fourth-order valence-corrected chi connectivity index (χ4v) is 2.30. The zero-order valence-electron chi connectivity index (χ0n) is 11.4. The Kier molecular flexibility index (Phi) is 3.28. The van der Waals surface area contributed by atoms with Crippen LogP contribution < -0.4 is 0 Å². The number of carbonyl (C=O) groups excluding carboxylic acids is 2. The van der Waals surface area contributed by atoms with Crippen LogP contribution in [0, 0.1) is 0 Å². The number of aromatic nitrogens is 1. The summed E-state index contributed by atoms with van der Waals surface area (Å²) < 4.78 is 4.72. The van der Waals surface area contributed by atoms with Gasteiger partial charge in [-0.25, -0.2) is 4.79 Å². The molecule has 0 atom stereocenters. The summed E-state index contributed by atoms with van der Waals surface area (Å²) in [6.45, 7) is 0. The quantitative estimate of drug-likeness (QED) is 0.591. The van der Waals surface area contributed by atoms with Crippen molar-refractivity contribution in [1.29, 1.82) is 0 Å². The van der Waals surface area contributed by atoms with Crippen LogP contribution in [0.4, 0.5) is 0 Å². The molecule has 0 saturated carbocycles. The Morgan fingerprint density at radius 3 is 2.48 bits per heavy atom. The standard InChI is InChI=1S/C17H13NO3/c1-21-17(20)14-10-18-15-9-12(7-8-13(14)15)16(19)11-5-3-2-4-6-11/h2-10,18H,1H3. The number of H-pyrrole nitrogens is 1. The highest BCUT2D eigenvalue weighted by Gasteiger charge is 2.14. The van der Waals surface area contributed by atoms with E-state index in [4.69, 9.17) is 4.74 Å². The molecule has 0 amide bonds. The Balaban J connectivity index is 2.03. The number of fused-ring (bicyclic) bond motifs is 1. The first kappa shape index (κ1) is 13.1. The molecule has 1 aromatic heterocycles. The Hall–Kier alpha value is -2.88. The van der Waals surface area contributed by atoms with Crippen LogP contribution in [0.15, 0.2) is 54.7 Å². The number of nitrogens with one attached hydrogen (secondary N) is 1. The van der Waals surface area contributed by atoms with Crippen LogP contribution in [0.1, 0.15) is 26.3 Å². The van der Waals surface area contributed by atoms with Gasteiger partial charge in [0, 0.05) is 28.2 Å². The summed E-state index contributed by atoms with van der Waals surface area (Å²) in [5, 5.41) is 0.742. The second kappa shape index (κ2) is 5.25. The van der Waals surface area contributed by atoms with Crippen molar-refractivity contribution in [2.75, 3.05) is 7.11 Å². The smallest absolute Gasteiger partial charge is 0.340 e. The van der Waals surface area contributed by atoms with Crippen molar-refractivity contribution in [2.45, 2.75) is 0 Å². The van der Waals surface area contributed by atoms with Gasteiger partial charge in [-0.1, -0.05) is 42.5 Å². The lowest BCUT2D eigenvalue weighted by Gasteiger charge is -2.02. The first-order chi connectivity index (χ1) is 10.2. The minimum Gasteiger partial charge on any atom is -0.465 e. The topological polar surface area (TPSA) is 59.2 Å². The molecular weight excluding hydrogens is 266 g/mol. The number of hydrogen-bond donors (Lipinski definition) is 1. The van der Waals surface area contributed by atoms with Gasteiger partial charge in [-0.15, -0.1) is 0 Å². The molecule has 0 aliphatic heterocycles. The van der Waals surface area contributed by atoms with Crippen molar-refractivity contribution in [3.63, 3.8) is 0 Å². The van der Waals surface area contributed by atoms with Gasteiger partial charge in [0.05, 0.1) is 12.7 Å². The Labute approximate surface area is 121 Å². The molecule has 0 bridgehead atoms. The molecule has 0 unspecified atom stereocenters. The van der Waals surface area contributed by atoms with Crippen molar-refractivity contribution >= 4 is 22.7 Å². The molecule has 0 radical (unpaired) electrons. The van der Waals surface area contributed by atoms with Gasteiger partial charge in [0.2, 0.25) is 0 Å². The zero-order valence-corrected chi connectivity index (χ0v) is 11.4. The van der Waals surface area contributed by atoms with Crippen molar-refractivity contribution in [3.05, 3.63) is 71.4 Å². The van der Waals surface area contributed by atoms with Crippen LogP contribution in [0.3, 0.4) is 0 Å². The molecule has 0 fully saturated rings. The molecule has 4 heteroatoms. The molecule has 3 rings (SSSR count). The maximum Gasteiger partial charge on any atom is 0.340 e. The number of benzene rings is 2. The van der Waals surface area contributed by atoms with Gasteiger partial charge >= 0.3 is 5.97 Å². The first-order valence-corrected chi connectivity index (χ1v) is 6.50. The first-order valence-electron chi connectivity index (χ1n) is 6.50. The molecule has 0 aliphatic carbocycles. The minimum atomic E-state index is -0.400. The highest BCUT2D eigenvalue weighted by Crippen LogP contribution is 2.21. The largest absolute Gasteiger partial charge is 0.465 e. The maximum absolute atomic E-state index is 12.4. The van der Waals surface area contributed by atoms with Crippen LogP contribution in [-0.2, 0) is 4.74 Å². The Morgan fingerprint density at radius 2 is 1.76 bits per heavy atom. The van der Waals surface area contributed by atoms with Crippen LogP contribution >= 0.6 is 0 Å². The zero-order chi connectivity index (χ0) is 14.8. The van der Waals surface area contributed by atoms with Crippen molar-refractivity contribution in [2.24, 2.45) is 0 Å². The number of rotatable bonds is 3. The van der Waals surface area contributed by atoms with E-state index in [1.807, 2.05) is 18.2 Å². The van der Waals surface area contributed by atoms with E-state index >= 15 is 0 Å². The number of ketones is 1. The number of carbonyl (C=O) groups is 2. The van der Waals surface area contributed by atoms with Crippen LogP contribution in [0.25, 0.3) is 10.9 Å². The summed E-state index contributed by atoms with van der Waals surface area (Å²) >= 11 is 0. The summed E-state index contributed by atoms with van der Waals surface area (Å²) in [6.07, 6.45) is 1.59. The fourth-order valence-electron chi connectivity index (χ4n) is 2.30. The SMILES string of the molecule is COC(=O)c1c[nH]c2cc(C(=O)c3ccccc3)ccc12. The highest BCUT2D eigenvalue weighted by atomic mass is 16.5. The number of aromatic amines is 1. The van der Waals surface area contributed by atoms with Crippen molar-refractivity contribution in [3.8, 4) is 0 Å². The molecule has 0 aliphatic rings. The number of esters is 1. The number of ether oxygens (including phenoxy) is 1. The summed E-state index contributed by atoms with van der Waals surface area (Å²) in [5.41, 5.74) is 2.41. The van der Waals surface area contributed by atoms with E-state index < -0.39 is 5.97 Å². The second-order valence-corrected chi connectivity index (χ2v) is 4.65. The van der Waals surface area contributed by atoms with Crippen LogP contribution in [0.5, 0.6) is 0 Å². The molecule has 4 nitrogen and oxygen atoms in total. The molecule has 1 heterocycles. The third-order valence-corrected chi connectivity index (χ3v) is 3.39. The molecule has 104 valence electrons. The third-order valence-electron chi connectivity index (χ3n) is 3.39. The minimum absolute atomic E-state index is 0.0493. The molecule has 2 aromatic carbocycles. The predicted molar refractivity (Wildman–Crippen MR) is 79.5 cm³/mol. The molecular formula is C17H13NO3. The molecule has 0 spiro atoms. The van der Waals surface area contributed by atoms with E-state index in [1.54, 1.807) is 36.5 Å². The van der Waals surface area contributed by atoms with E-state index in [-0.39, 0.29) is 5.78 Å². The van der Waals surface area contributed by atoms with E-state index in [0.717, 1.165) is 10.9 Å². The molecule has 0 saturated heterocycles. The Morgan fingerprint density at radius 1 is 1.00 bits per heavy atom. The highest BCUT2D eigenvalue weighted by molar-refractivity contribution is 6.12. The maximum atomic E-state index is 12.4. The normalized spacial score (nSPS) is 10.5. The van der Waals surface area contributed by atoms with Crippen LogP contribution in [-0.4, -0.2) is 23.8 Å². The van der Waals surface area contributed by atoms with E-state index in [1.165, 1.54) is 7.11 Å². The van der Waals surface area contributed by atoms with Crippen molar-refractivity contribution < 1.29 is 14.3 Å². The lowest BCUT2D eigenvalue weighted by molar-refractivity contribution is 0.0603. The van der Waals surface area contributed by atoms with Gasteiger partial charge in [0.1, 0.15) is 0 Å². The Bertz CT molecular complexity index is 818. The third kappa shape index (κ3) is 2.31. The van der Waals surface area contributed by atoms with Gasteiger partial charge < -0.3 is 9.72 Å². The average Bonchev–Trinajstić information content (AvgIpc) is 2.97. The lowest BCUT2D eigenvalue weighted by Crippen LogP contribution is -2.01. The predicted octanol–water partition coefficient (Wildman–Crippen LogP) is 3.19. The fraction of sp³-hybridized carbons (Fsp3) is 0.0588. The van der Waals surface area contributed by atoms with Gasteiger partial charge in [-0.2, -0.15) is 0 Å². The average molecular weight is 279 g/mol. The molecule has 3 aromatic rings. The summed E-state index contributed by atoms with van der Waals surface area (Å²) in [4.78, 5) is 27.0. The van der Waals surface area contributed by atoms with Gasteiger partial charge in [-0.3, -0.25) is 4.79 Å². The summed E-state index contributed by atoms with van der Waals surface area (Å²) in [5.74, 6) is -0.449. The summed E-state index contributed by atoms with van der Waals surface area (Å²) in [7, 11) is 1.34. The number of methoxy groups -OCH3 is 1. The monoisotopic (exact) mass is 279 g/mol. The van der Waals surface area contributed by atoms with Gasteiger partial charge in [0.25, 0.3) is 0 Å². The summed E-state index contributed by atoms with van der Waals surface area (Å²) in [6, 6.07) is 14.3. The van der Waals surface area contributed by atoms with E-state index in [9.17, 15) is 9.59 Å². The van der Waals surface area contributed by atoms with Gasteiger partial charge in [0.15, 0.2) is 5.78 Å². The van der Waals surface area contributed by atoms with E-state index in [2.05, 4.69) is 4.98 Å². The van der Waals surface area contributed by atoms with Crippen molar-refractivity contribution in [1.82, 2.24) is 4.98 Å². The van der Waals surface area contributed by atoms with E-state index in [0.29, 0.717) is 16.7 Å². The lowest BCUT2D eigenvalue weighted by atomic mass is 10.0. The van der Waals surface area contributed by atoms with Crippen LogP contribution in [0.2, 0.25) is 0 Å². The molecule has 21 heavy (non-hydrogen) atoms. The van der Waals surface area contributed by atoms with Gasteiger partial charge in [-0.05, 0) is 6.07 Å².